The van der Waals surface area contributed by atoms with Crippen molar-refractivity contribution in [3.63, 3.8) is 0 Å². The Kier molecular flexibility index (Phi) is 12.5. The third kappa shape index (κ3) is 8.60. The zero-order valence-electron chi connectivity index (χ0n) is 34.6. The number of rotatable bonds is 14. The second kappa shape index (κ2) is 17.9. The van der Waals surface area contributed by atoms with Gasteiger partial charge >= 0.3 is 6.09 Å². The van der Waals surface area contributed by atoms with Crippen molar-refractivity contribution in [3.8, 4) is 11.3 Å². The molecule has 0 bridgehead atoms. The van der Waals surface area contributed by atoms with Crippen LogP contribution in [0.1, 0.15) is 95.3 Å². The summed E-state index contributed by atoms with van der Waals surface area (Å²) in [6.45, 7) is 9.33. The van der Waals surface area contributed by atoms with E-state index in [4.69, 9.17) is 9.72 Å². The summed E-state index contributed by atoms with van der Waals surface area (Å²) >= 11 is 0. The van der Waals surface area contributed by atoms with E-state index >= 15 is 0 Å². The maximum atomic E-state index is 14.0. The van der Waals surface area contributed by atoms with E-state index in [9.17, 15) is 24.0 Å². The number of unbranched alkanes of at least 4 members (excludes halogenated alkanes) is 1. The quantitative estimate of drug-likeness (QED) is 0.109. The van der Waals surface area contributed by atoms with Crippen molar-refractivity contribution in [2.24, 2.45) is 5.92 Å². The van der Waals surface area contributed by atoms with Crippen molar-refractivity contribution >= 4 is 51.4 Å². The number of amides is 4. The highest BCUT2D eigenvalue weighted by molar-refractivity contribution is 6.09. The third-order valence-electron chi connectivity index (χ3n) is 11.8. The maximum Gasteiger partial charge on any atom is 0.407 e. The normalized spacial score (nSPS) is 17.7. The van der Waals surface area contributed by atoms with Gasteiger partial charge < -0.3 is 34.7 Å². The first-order chi connectivity index (χ1) is 28.5. The first kappa shape index (κ1) is 41.2. The number of aryl methyl sites for hydroxylation is 1. The van der Waals surface area contributed by atoms with Crippen molar-refractivity contribution in [1.29, 1.82) is 0 Å². The molecule has 4 atom stereocenters. The number of ether oxygens (including phenoxy) is 1. The molecule has 0 aliphatic carbocycles. The molecular formula is C46H55N7O6. The molecular weight excluding hydrogens is 747 g/mol. The predicted octanol–water partition coefficient (Wildman–Crippen LogP) is 7.01. The van der Waals surface area contributed by atoms with E-state index in [0.29, 0.717) is 31.5 Å². The molecule has 2 aromatic heterocycles. The van der Waals surface area contributed by atoms with E-state index in [1.54, 1.807) is 29.2 Å². The number of ketones is 1. The Hall–Kier alpha value is -5.98. The Morgan fingerprint density at radius 2 is 1.59 bits per heavy atom. The zero-order chi connectivity index (χ0) is 41.8. The number of carbonyl (C=O) groups excluding carboxylic acids is 5. The number of carbonyl (C=O) groups is 5. The Balaban J connectivity index is 1.14. The smallest absolute Gasteiger partial charge is 0.407 e. The Morgan fingerprint density at radius 3 is 2.31 bits per heavy atom. The van der Waals surface area contributed by atoms with Crippen LogP contribution in [-0.2, 0) is 36.9 Å². The monoisotopic (exact) mass is 801 g/mol. The van der Waals surface area contributed by atoms with Gasteiger partial charge in [0.05, 0.1) is 31.1 Å². The lowest BCUT2D eigenvalue weighted by atomic mass is 9.99. The van der Waals surface area contributed by atoms with E-state index in [-0.39, 0.29) is 41.9 Å². The molecule has 0 saturated carbocycles. The average molecular weight is 802 g/mol. The average Bonchev–Trinajstić information content (AvgIpc) is 4.06. The fourth-order valence-corrected chi connectivity index (χ4v) is 8.81. The van der Waals surface area contributed by atoms with Gasteiger partial charge in [-0.05, 0) is 61.3 Å². The topological polar surface area (TPSA) is 159 Å². The molecule has 13 heteroatoms. The molecule has 310 valence electrons. The van der Waals surface area contributed by atoms with Gasteiger partial charge in [0.25, 0.3) is 5.91 Å². The summed E-state index contributed by atoms with van der Waals surface area (Å²) in [5.74, 6) is 0.00714. The number of benzene rings is 3. The number of aromatic nitrogens is 3. The van der Waals surface area contributed by atoms with E-state index in [1.807, 2.05) is 37.1 Å². The molecule has 5 aromatic rings. The molecule has 13 nitrogen and oxygen atoms in total. The van der Waals surface area contributed by atoms with Gasteiger partial charge in [-0.15, -0.1) is 0 Å². The van der Waals surface area contributed by atoms with Crippen LogP contribution >= 0.6 is 0 Å². The maximum absolute atomic E-state index is 14.0. The van der Waals surface area contributed by atoms with Crippen molar-refractivity contribution in [2.45, 2.75) is 103 Å². The number of Topliss-reactive ketones (excluding diaryl/α,β-unsaturated/α-hetero) is 1. The van der Waals surface area contributed by atoms with Crippen LogP contribution in [0, 0.1) is 5.92 Å². The summed E-state index contributed by atoms with van der Waals surface area (Å²) < 4.78 is 7.16. The minimum atomic E-state index is -0.971. The minimum Gasteiger partial charge on any atom is -0.453 e. The fraction of sp³-hybridized carbons (Fsp3) is 0.435. The van der Waals surface area contributed by atoms with Gasteiger partial charge in [-0.2, -0.15) is 0 Å². The number of H-pyrrole nitrogens is 1. The number of nitrogens with one attached hydrogen (secondary N) is 3. The number of hydrogen-bond donors (Lipinski definition) is 3. The summed E-state index contributed by atoms with van der Waals surface area (Å²) in [6.07, 6.45) is 6.18. The van der Waals surface area contributed by atoms with Gasteiger partial charge in [-0.3, -0.25) is 19.2 Å². The van der Waals surface area contributed by atoms with Crippen LogP contribution in [-0.4, -0.2) is 86.2 Å². The number of alkyl carbamates (subject to hydrolysis) is 1. The lowest BCUT2D eigenvalue weighted by molar-refractivity contribution is -0.139. The van der Waals surface area contributed by atoms with E-state index in [2.05, 4.69) is 57.4 Å². The number of hydrogen-bond acceptors (Lipinski definition) is 7. The molecule has 2 fully saturated rings. The number of aromatic amines is 1. The first-order valence-electron chi connectivity index (χ1n) is 20.9. The Labute approximate surface area is 344 Å². The third-order valence-corrected chi connectivity index (χ3v) is 11.8. The standard InChI is InChI=1S/C46H55N7O6/c1-6-7-21-51-38-24-30(25-40(55)36-15-11-22-52(36)45(57)42(50-46(58)59-5)31-13-9-8-10-14-31)17-19-33(38)34-20-18-32(26-39(34)51)35-27-47-43(49-35)37-16-12-23-53(37)44(56)41(28(2)3)48-29(4)54/h8-10,13-14,17-20,24,26-28,36-37,41-42H,6-7,11-12,15-16,21-23,25H2,1-5H3,(H,47,49)(H,48,54)(H,50,58)/t36-,37-,41-,42+/m0/s1. The van der Waals surface area contributed by atoms with Crippen LogP contribution in [0.15, 0.2) is 72.9 Å². The van der Waals surface area contributed by atoms with E-state index in [1.165, 1.54) is 14.0 Å². The van der Waals surface area contributed by atoms with Gasteiger partial charge in [0.15, 0.2) is 5.78 Å². The molecule has 59 heavy (non-hydrogen) atoms. The lowest BCUT2D eigenvalue weighted by Gasteiger charge is -2.30. The molecule has 3 N–H and O–H groups in total. The number of methoxy groups -OCH3 is 1. The van der Waals surface area contributed by atoms with Crippen molar-refractivity contribution in [2.75, 3.05) is 20.2 Å². The lowest BCUT2D eigenvalue weighted by Crippen LogP contribution is -2.50. The first-order valence-corrected chi connectivity index (χ1v) is 20.9. The SMILES string of the molecule is CCCCn1c2cc(CC(=O)[C@@H]3CCCN3C(=O)[C@H](NC(=O)OC)c3ccccc3)ccc2c2ccc(-c3cnc([C@@H]4CCCN4C(=O)[C@@H](NC(C)=O)C(C)C)[nH]3)cc21. The van der Waals surface area contributed by atoms with Crippen LogP contribution in [0.2, 0.25) is 0 Å². The summed E-state index contributed by atoms with van der Waals surface area (Å²) in [5, 5.41) is 7.73. The number of likely N-dealkylation sites (tertiary alicyclic amines) is 2. The second-order valence-corrected chi connectivity index (χ2v) is 16.2. The number of nitrogens with zero attached hydrogens (tertiary/aromatic N) is 4. The van der Waals surface area contributed by atoms with Gasteiger partial charge in [0, 0.05) is 60.3 Å². The second-order valence-electron chi connectivity index (χ2n) is 16.2. The summed E-state index contributed by atoms with van der Waals surface area (Å²) in [6, 6.07) is 19.3. The van der Waals surface area contributed by atoms with Crippen molar-refractivity contribution in [1.82, 2.24) is 35.0 Å². The van der Waals surface area contributed by atoms with Crippen LogP contribution in [0.3, 0.4) is 0 Å². The highest BCUT2D eigenvalue weighted by atomic mass is 16.5. The molecule has 7 rings (SSSR count). The predicted molar refractivity (Wildman–Crippen MR) is 226 cm³/mol. The molecule has 2 saturated heterocycles. The van der Waals surface area contributed by atoms with Gasteiger partial charge in [0.2, 0.25) is 11.8 Å². The minimum absolute atomic E-state index is 0.0361. The summed E-state index contributed by atoms with van der Waals surface area (Å²) in [5.41, 5.74) is 5.45. The molecule has 4 heterocycles. The Morgan fingerprint density at radius 1 is 0.881 bits per heavy atom. The van der Waals surface area contributed by atoms with Crippen LogP contribution in [0.5, 0.6) is 0 Å². The molecule has 2 aliphatic rings. The number of imidazole rings is 1. The highest BCUT2D eigenvalue weighted by Gasteiger charge is 2.39. The van der Waals surface area contributed by atoms with Crippen molar-refractivity contribution < 1.29 is 28.7 Å². The van der Waals surface area contributed by atoms with Crippen LogP contribution in [0.25, 0.3) is 33.1 Å². The molecule has 4 amide bonds. The van der Waals surface area contributed by atoms with Crippen molar-refractivity contribution in [3.05, 3.63) is 89.9 Å². The Bertz CT molecular complexity index is 2350. The fourth-order valence-electron chi connectivity index (χ4n) is 8.81. The molecule has 0 unspecified atom stereocenters. The highest BCUT2D eigenvalue weighted by Crippen LogP contribution is 2.36. The van der Waals surface area contributed by atoms with E-state index in [0.717, 1.165) is 76.7 Å². The van der Waals surface area contributed by atoms with E-state index < -0.39 is 24.2 Å². The number of fused-ring (bicyclic) bond motifs is 3. The summed E-state index contributed by atoms with van der Waals surface area (Å²) in [4.78, 5) is 77.6. The zero-order valence-corrected chi connectivity index (χ0v) is 34.6. The van der Waals surface area contributed by atoms with Gasteiger partial charge in [0.1, 0.15) is 17.9 Å². The largest absolute Gasteiger partial charge is 0.453 e. The van der Waals surface area contributed by atoms with Gasteiger partial charge in [-0.25, -0.2) is 9.78 Å². The molecule has 0 radical (unpaired) electrons. The molecule has 2 aliphatic heterocycles. The van der Waals surface area contributed by atoms with Crippen LogP contribution in [0.4, 0.5) is 4.79 Å². The van der Waals surface area contributed by atoms with Crippen LogP contribution < -0.4 is 10.6 Å². The molecule has 0 spiro atoms. The van der Waals surface area contributed by atoms with Gasteiger partial charge in [-0.1, -0.05) is 81.8 Å². The molecule has 3 aromatic carbocycles. The summed E-state index contributed by atoms with van der Waals surface area (Å²) in [7, 11) is 1.26.